The summed E-state index contributed by atoms with van der Waals surface area (Å²) in [4.78, 5) is 15.3. The third-order valence-electron chi connectivity index (χ3n) is 6.81. The molecule has 1 aliphatic carbocycles. The minimum atomic E-state index is 0. The fourth-order valence-corrected chi connectivity index (χ4v) is 5.22. The molecule has 2 aliphatic heterocycles. The van der Waals surface area contributed by atoms with Gasteiger partial charge in [-0.15, -0.1) is 12.4 Å². The maximum atomic E-state index is 12.7. The molecule has 5 atom stereocenters. The van der Waals surface area contributed by atoms with Crippen molar-refractivity contribution < 1.29 is 4.79 Å². The third-order valence-corrected chi connectivity index (χ3v) is 6.81. The Hall–Kier alpha value is -1.10. The van der Waals surface area contributed by atoms with Crippen molar-refractivity contribution in [1.29, 1.82) is 0 Å². The number of carbonyl (C=O) groups excluding carboxylic acids is 1. The molecule has 150 valence electrons. The molecule has 0 bridgehead atoms. The molecule has 4 rings (SSSR count). The van der Waals surface area contributed by atoms with Gasteiger partial charge in [0.05, 0.1) is 6.04 Å². The van der Waals surface area contributed by atoms with Crippen LogP contribution in [0.15, 0.2) is 30.3 Å². The van der Waals surface area contributed by atoms with E-state index in [9.17, 15) is 4.79 Å². The monoisotopic (exact) mass is 391 g/mol. The van der Waals surface area contributed by atoms with Gasteiger partial charge in [0.25, 0.3) is 0 Å². The van der Waals surface area contributed by atoms with Crippen LogP contribution in [0.2, 0.25) is 0 Å². The molecule has 1 aromatic rings. The van der Waals surface area contributed by atoms with Crippen molar-refractivity contribution in [3.8, 4) is 0 Å². The van der Waals surface area contributed by atoms with E-state index in [1.807, 2.05) is 0 Å². The van der Waals surface area contributed by atoms with Gasteiger partial charge in [-0.05, 0) is 56.6 Å². The van der Waals surface area contributed by atoms with E-state index in [0.717, 1.165) is 32.0 Å². The average molecular weight is 392 g/mol. The number of amides is 1. The van der Waals surface area contributed by atoms with E-state index in [0.29, 0.717) is 12.0 Å². The van der Waals surface area contributed by atoms with Gasteiger partial charge >= 0.3 is 0 Å². The van der Waals surface area contributed by atoms with Crippen LogP contribution in [0.5, 0.6) is 0 Å². The first-order valence-electron chi connectivity index (χ1n) is 10.5. The van der Waals surface area contributed by atoms with Gasteiger partial charge in [-0.1, -0.05) is 43.2 Å². The zero-order chi connectivity index (χ0) is 17.9. The predicted molar refractivity (Wildman–Crippen MR) is 112 cm³/mol. The Morgan fingerprint density at radius 2 is 2.00 bits per heavy atom. The molecule has 3 fully saturated rings. The summed E-state index contributed by atoms with van der Waals surface area (Å²) in [6, 6.07) is 11.6. The topological polar surface area (TPSA) is 44.4 Å². The second-order valence-electron chi connectivity index (χ2n) is 8.67. The van der Waals surface area contributed by atoms with E-state index in [1.165, 1.54) is 37.7 Å². The van der Waals surface area contributed by atoms with Gasteiger partial charge in [-0.3, -0.25) is 9.69 Å². The molecule has 0 radical (unpaired) electrons. The average Bonchev–Trinajstić information content (AvgIpc) is 3.29. The standard InChI is InChI=1S/C22H33N3O.ClH/c1-16(19-11-12-25(15-19)14-17-7-3-2-4-8-17)23-22(26)21-13-18-9-5-6-10-20(18)24-21;/h2-4,7-8,16,18-21,24H,5-6,9-15H2,1H3,(H,23,26);1H. The number of benzene rings is 1. The van der Waals surface area contributed by atoms with E-state index in [2.05, 4.69) is 52.8 Å². The van der Waals surface area contributed by atoms with Crippen LogP contribution >= 0.6 is 12.4 Å². The molecule has 1 amide bonds. The number of hydrogen-bond acceptors (Lipinski definition) is 3. The largest absolute Gasteiger partial charge is 0.352 e. The van der Waals surface area contributed by atoms with Crippen molar-refractivity contribution in [2.45, 2.75) is 70.1 Å². The molecule has 2 saturated heterocycles. The maximum absolute atomic E-state index is 12.7. The second-order valence-corrected chi connectivity index (χ2v) is 8.67. The molecule has 0 aromatic heterocycles. The molecule has 5 heteroatoms. The lowest BCUT2D eigenvalue weighted by molar-refractivity contribution is -0.123. The Morgan fingerprint density at radius 3 is 2.78 bits per heavy atom. The van der Waals surface area contributed by atoms with Crippen molar-refractivity contribution in [3.05, 3.63) is 35.9 Å². The van der Waals surface area contributed by atoms with Crippen LogP contribution in [-0.2, 0) is 11.3 Å². The van der Waals surface area contributed by atoms with E-state index in [4.69, 9.17) is 0 Å². The van der Waals surface area contributed by atoms with E-state index in [1.54, 1.807) is 0 Å². The molecule has 5 unspecified atom stereocenters. The van der Waals surface area contributed by atoms with Crippen LogP contribution in [-0.4, -0.2) is 42.0 Å². The van der Waals surface area contributed by atoms with Gasteiger partial charge in [0, 0.05) is 25.2 Å². The van der Waals surface area contributed by atoms with Crippen LogP contribution < -0.4 is 10.6 Å². The summed E-state index contributed by atoms with van der Waals surface area (Å²) in [5.41, 5.74) is 1.38. The minimum absolute atomic E-state index is 0. The van der Waals surface area contributed by atoms with Crippen LogP contribution in [0.25, 0.3) is 0 Å². The zero-order valence-electron chi connectivity index (χ0n) is 16.4. The van der Waals surface area contributed by atoms with Gasteiger partial charge in [-0.2, -0.15) is 0 Å². The first-order valence-corrected chi connectivity index (χ1v) is 10.5. The highest BCUT2D eigenvalue weighted by Crippen LogP contribution is 2.33. The minimum Gasteiger partial charge on any atom is -0.352 e. The van der Waals surface area contributed by atoms with Crippen molar-refractivity contribution >= 4 is 18.3 Å². The highest BCUT2D eigenvalue weighted by Gasteiger charge is 2.39. The van der Waals surface area contributed by atoms with Crippen LogP contribution in [0, 0.1) is 11.8 Å². The zero-order valence-corrected chi connectivity index (χ0v) is 17.2. The van der Waals surface area contributed by atoms with Crippen LogP contribution in [0.3, 0.4) is 0 Å². The number of nitrogens with one attached hydrogen (secondary N) is 2. The lowest BCUT2D eigenvalue weighted by Crippen LogP contribution is -2.48. The highest BCUT2D eigenvalue weighted by atomic mass is 35.5. The second kappa shape index (κ2) is 9.40. The van der Waals surface area contributed by atoms with Crippen LogP contribution in [0.4, 0.5) is 0 Å². The smallest absolute Gasteiger partial charge is 0.237 e. The Morgan fingerprint density at radius 1 is 1.22 bits per heavy atom. The summed E-state index contributed by atoms with van der Waals surface area (Å²) in [5.74, 6) is 1.52. The summed E-state index contributed by atoms with van der Waals surface area (Å²) in [5, 5.41) is 6.94. The normalized spacial score (nSPS) is 31.7. The molecule has 3 aliphatic rings. The Balaban J connectivity index is 0.00000210. The summed E-state index contributed by atoms with van der Waals surface area (Å²) >= 11 is 0. The summed E-state index contributed by atoms with van der Waals surface area (Å²) in [7, 11) is 0. The third kappa shape index (κ3) is 5.04. The van der Waals surface area contributed by atoms with Gasteiger partial charge in [-0.25, -0.2) is 0 Å². The fraction of sp³-hybridized carbons (Fsp3) is 0.682. The lowest BCUT2D eigenvalue weighted by Gasteiger charge is -2.24. The van der Waals surface area contributed by atoms with Gasteiger partial charge in [0.1, 0.15) is 0 Å². The van der Waals surface area contributed by atoms with Crippen molar-refractivity contribution in [3.63, 3.8) is 0 Å². The lowest BCUT2D eigenvalue weighted by atomic mass is 9.85. The molecule has 27 heavy (non-hydrogen) atoms. The van der Waals surface area contributed by atoms with E-state index >= 15 is 0 Å². The number of halogens is 1. The Kier molecular flexibility index (Phi) is 7.18. The van der Waals surface area contributed by atoms with Gasteiger partial charge in [0.15, 0.2) is 0 Å². The molecule has 2 heterocycles. The maximum Gasteiger partial charge on any atom is 0.237 e. The molecule has 2 N–H and O–H groups in total. The van der Waals surface area contributed by atoms with E-state index < -0.39 is 0 Å². The number of carbonyl (C=O) groups is 1. The quantitative estimate of drug-likeness (QED) is 0.808. The van der Waals surface area contributed by atoms with Crippen LogP contribution in [0.1, 0.15) is 51.0 Å². The van der Waals surface area contributed by atoms with Crippen molar-refractivity contribution in [2.75, 3.05) is 13.1 Å². The highest BCUT2D eigenvalue weighted by molar-refractivity contribution is 5.85. The van der Waals surface area contributed by atoms with Crippen molar-refractivity contribution in [2.24, 2.45) is 11.8 Å². The molecular formula is C22H34ClN3O. The first kappa shape index (κ1) is 20.6. The molecule has 4 nitrogen and oxygen atoms in total. The van der Waals surface area contributed by atoms with E-state index in [-0.39, 0.29) is 30.4 Å². The van der Waals surface area contributed by atoms with Crippen molar-refractivity contribution in [1.82, 2.24) is 15.5 Å². The number of likely N-dealkylation sites (tertiary alicyclic amines) is 1. The molecular weight excluding hydrogens is 358 g/mol. The fourth-order valence-electron chi connectivity index (χ4n) is 5.22. The Bertz CT molecular complexity index is 597. The predicted octanol–water partition coefficient (Wildman–Crippen LogP) is 3.36. The first-order chi connectivity index (χ1) is 12.7. The van der Waals surface area contributed by atoms with Gasteiger partial charge in [0.2, 0.25) is 5.91 Å². The SMILES string of the molecule is CC(NC(=O)C1CC2CCCCC2N1)C1CCN(Cc2ccccc2)C1.Cl. The number of fused-ring (bicyclic) bond motifs is 1. The molecule has 0 spiro atoms. The number of nitrogens with zero attached hydrogens (tertiary/aromatic N) is 1. The summed E-state index contributed by atoms with van der Waals surface area (Å²) in [6.45, 7) is 5.42. The summed E-state index contributed by atoms with van der Waals surface area (Å²) in [6.07, 6.45) is 7.42. The van der Waals surface area contributed by atoms with Gasteiger partial charge < -0.3 is 10.6 Å². The number of rotatable bonds is 5. The molecule has 1 aromatic carbocycles. The number of hydrogen-bond donors (Lipinski definition) is 2. The Labute approximate surface area is 169 Å². The summed E-state index contributed by atoms with van der Waals surface area (Å²) < 4.78 is 0. The molecule has 1 saturated carbocycles.